The van der Waals surface area contributed by atoms with E-state index in [1.165, 1.54) is 40.2 Å². The van der Waals surface area contributed by atoms with Gasteiger partial charge in [-0.3, -0.25) is 4.79 Å². The maximum absolute atomic E-state index is 13.9. The van der Waals surface area contributed by atoms with Crippen molar-refractivity contribution < 1.29 is 18.7 Å². The fourth-order valence-corrected chi connectivity index (χ4v) is 1.48. The molecule has 0 radical (unpaired) electrons. The highest BCUT2D eigenvalue weighted by atomic mass is 19.1. The summed E-state index contributed by atoms with van der Waals surface area (Å²) in [5.41, 5.74) is -0.857. The molecular weight excluding hydrogens is 211 g/mol. The van der Waals surface area contributed by atoms with Crippen molar-refractivity contribution in [3.63, 3.8) is 0 Å². The van der Waals surface area contributed by atoms with Crippen molar-refractivity contribution in [2.24, 2.45) is 0 Å². The molecule has 88 valence electrons. The molecule has 3 nitrogen and oxygen atoms in total. The van der Waals surface area contributed by atoms with Gasteiger partial charge in [-0.25, -0.2) is 4.39 Å². The highest BCUT2D eigenvalue weighted by Gasteiger charge is 2.25. The quantitative estimate of drug-likeness (QED) is 0.740. The Balaban J connectivity index is 3.43. The molecule has 0 saturated carbocycles. The molecule has 0 heterocycles. The number of ether oxygens (including phenoxy) is 2. The highest BCUT2D eigenvalue weighted by Crippen LogP contribution is 2.37. The van der Waals surface area contributed by atoms with E-state index in [0.29, 0.717) is 28.9 Å². The van der Waals surface area contributed by atoms with Crippen LogP contribution in [-0.4, -0.2) is 20.5 Å². The fraction of sp³-hybridized carbons (Fsp3) is 0.417. The van der Waals surface area contributed by atoms with E-state index < -0.39 is 5.67 Å². The van der Waals surface area contributed by atoms with E-state index in [-0.39, 0.29) is 0 Å². The third-order valence-corrected chi connectivity index (χ3v) is 2.32. The van der Waals surface area contributed by atoms with Gasteiger partial charge < -0.3 is 9.47 Å². The molecule has 0 aliphatic carbocycles. The van der Waals surface area contributed by atoms with E-state index in [1.54, 1.807) is 0 Å². The minimum Gasteiger partial charge on any atom is -0.496 e. The number of methoxy groups -OCH3 is 2. The van der Waals surface area contributed by atoms with Crippen molar-refractivity contribution in [1.29, 1.82) is 0 Å². The second-order valence-corrected chi connectivity index (χ2v) is 3.88. The Morgan fingerprint density at radius 2 is 1.75 bits per heavy atom. The molecule has 1 aromatic rings. The Hall–Kier alpha value is -1.58. The molecule has 0 spiro atoms. The number of rotatable bonds is 4. The molecule has 4 heteroatoms. The maximum Gasteiger partial charge on any atom is 0.153 e. The summed E-state index contributed by atoms with van der Waals surface area (Å²) in [5.74, 6) is 0.687. The van der Waals surface area contributed by atoms with Gasteiger partial charge in [-0.1, -0.05) is 0 Å². The topological polar surface area (TPSA) is 35.5 Å². The summed E-state index contributed by atoms with van der Waals surface area (Å²) in [7, 11) is 2.87. The van der Waals surface area contributed by atoms with Crippen molar-refractivity contribution in [2.45, 2.75) is 19.5 Å². The summed E-state index contributed by atoms with van der Waals surface area (Å²) in [4.78, 5) is 10.8. The molecule has 16 heavy (non-hydrogen) atoms. The Morgan fingerprint density at radius 1 is 1.19 bits per heavy atom. The summed E-state index contributed by atoms with van der Waals surface area (Å²) in [5, 5.41) is 0. The predicted molar refractivity (Wildman–Crippen MR) is 59.1 cm³/mol. The molecule has 1 aromatic carbocycles. The van der Waals surface area contributed by atoms with Crippen molar-refractivity contribution in [1.82, 2.24) is 0 Å². The number of carbonyl (C=O) groups is 1. The van der Waals surface area contributed by atoms with Gasteiger partial charge >= 0.3 is 0 Å². The first-order chi connectivity index (χ1) is 7.43. The molecule has 0 N–H and O–H groups in total. The van der Waals surface area contributed by atoms with Crippen LogP contribution >= 0.6 is 0 Å². The summed E-state index contributed by atoms with van der Waals surface area (Å²) < 4.78 is 24.0. The van der Waals surface area contributed by atoms with Crippen LogP contribution in [0.15, 0.2) is 12.1 Å². The van der Waals surface area contributed by atoms with Gasteiger partial charge in [-0.15, -0.1) is 0 Å². The van der Waals surface area contributed by atoms with Crippen molar-refractivity contribution in [2.75, 3.05) is 14.2 Å². The zero-order chi connectivity index (χ0) is 12.3. The number of aldehydes is 1. The lowest BCUT2D eigenvalue weighted by molar-refractivity contribution is 0.111. The maximum atomic E-state index is 13.9. The van der Waals surface area contributed by atoms with Gasteiger partial charge in [0.2, 0.25) is 0 Å². The van der Waals surface area contributed by atoms with Crippen LogP contribution < -0.4 is 9.47 Å². The van der Waals surface area contributed by atoms with Crippen molar-refractivity contribution in [3.8, 4) is 11.5 Å². The largest absolute Gasteiger partial charge is 0.496 e. The van der Waals surface area contributed by atoms with Crippen LogP contribution in [0.1, 0.15) is 29.8 Å². The van der Waals surface area contributed by atoms with Crippen molar-refractivity contribution in [3.05, 3.63) is 23.3 Å². The van der Waals surface area contributed by atoms with Crippen LogP contribution in [0.4, 0.5) is 4.39 Å². The molecule has 0 amide bonds. The van der Waals surface area contributed by atoms with Gasteiger partial charge in [-0.2, -0.15) is 0 Å². The zero-order valence-corrected chi connectivity index (χ0v) is 9.83. The highest BCUT2D eigenvalue weighted by molar-refractivity contribution is 5.80. The number of benzene rings is 1. The normalized spacial score (nSPS) is 11.1. The van der Waals surface area contributed by atoms with Crippen LogP contribution in [-0.2, 0) is 5.67 Å². The van der Waals surface area contributed by atoms with Gasteiger partial charge in [0.15, 0.2) is 6.29 Å². The fourth-order valence-electron chi connectivity index (χ4n) is 1.48. The van der Waals surface area contributed by atoms with Gasteiger partial charge in [0.05, 0.1) is 19.8 Å². The average Bonchev–Trinajstić information content (AvgIpc) is 2.25. The molecule has 0 saturated heterocycles. The third-order valence-electron chi connectivity index (χ3n) is 2.32. The van der Waals surface area contributed by atoms with Gasteiger partial charge in [0, 0.05) is 5.56 Å². The second-order valence-electron chi connectivity index (χ2n) is 3.88. The summed E-state index contributed by atoms with van der Waals surface area (Å²) in [6, 6.07) is 2.96. The average molecular weight is 226 g/mol. The lowest BCUT2D eigenvalue weighted by Gasteiger charge is -2.20. The second kappa shape index (κ2) is 4.51. The van der Waals surface area contributed by atoms with Crippen LogP contribution in [0.3, 0.4) is 0 Å². The number of hydrogen-bond donors (Lipinski definition) is 0. The van der Waals surface area contributed by atoms with Crippen LogP contribution in [0, 0.1) is 0 Å². The molecule has 0 aromatic heterocycles. The SMILES string of the molecule is COc1cc(C(C)(C)F)c(OC)cc1C=O. The van der Waals surface area contributed by atoms with Gasteiger partial charge in [-0.05, 0) is 26.0 Å². The molecule has 0 atom stereocenters. The minimum absolute atomic E-state index is 0.340. The first-order valence-corrected chi connectivity index (χ1v) is 4.84. The summed E-state index contributed by atoms with van der Waals surface area (Å²) in [6.45, 7) is 2.84. The Kier molecular flexibility index (Phi) is 3.52. The number of alkyl halides is 1. The molecule has 0 aliphatic heterocycles. The molecule has 0 aliphatic rings. The first-order valence-electron chi connectivity index (χ1n) is 4.84. The molecule has 0 fully saturated rings. The molecule has 0 bridgehead atoms. The lowest BCUT2D eigenvalue weighted by Crippen LogP contribution is -2.12. The molecule has 1 rings (SSSR count). The van der Waals surface area contributed by atoms with Crippen LogP contribution in [0.5, 0.6) is 11.5 Å². The summed E-state index contributed by atoms with van der Waals surface area (Å²) in [6.07, 6.45) is 0.649. The predicted octanol–water partition coefficient (Wildman–Crippen LogP) is 2.72. The zero-order valence-electron chi connectivity index (χ0n) is 9.83. The number of halogens is 1. The Morgan fingerprint density at radius 3 is 2.12 bits per heavy atom. The smallest absolute Gasteiger partial charge is 0.153 e. The lowest BCUT2D eigenvalue weighted by atomic mass is 9.97. The van der Waals surface area contributed by atoms with Crippen LogP contribution in [0.2, 0.25) is 0 Å². The molecule has 0 unspecified atom stereocenters. The number of carbonyl (C=O) groups excluding carboxylic acids is 1. The van der Waals surface area contributed by atoms with Crippen LogP contribution in [0.25, 0.3) is 0 Å². The monoisotopic (exact) mass is 226 g/mol. The number of hydrogen-bond acceptors (Lipinski definition) is 3. The minimum atomic E-state index is -1.56. The Labute approximate surface area is 94.2 Å². The van der Waals surface area contributed by atoms with E-state index in [4.69, 9.17) is 9.47 Å². The van der Waals surface area contributed by atoms with E-state index >= 15 is 0 Å². The Bertz CT molecular complexity index is 394. The van der Waals surface area contributed by atoms with E-state index in [0.717, 1.165) is 0 Å². The van der Waals surface area contributed by atoms with Gasteiger partial charge in [0.25, 0.3) is 0 Å². The van der Waals surface area contributed by atoms with E-state index in [2.05, 4.69) is 0 Å². The van der Waals surface area contributed by atoms with E-state index in [9.17, 15) is 9.18 Å². The first kappa shape index (κ1) is 12.5. The van der Waals surface area contributed by atoms with Gasteiger partial charge in [0.1, 0.15) is 17.2 Å². The summed E-state index contributed by atoms with van der Waals surface area (Å²) >= 11 is 0. The third kappa shape index (κ3) is 2.32. The standard InChI is InChI=1S/C12H15FO3/c1-12(2,13)9-6-10(15-3)8(7-14)5-11(9)16-4/h5-7H,1-4H3. The van der Waals surface area contributed by atoms with E-state index in [1.807, 2.05) is 0 Å². The molecular formula is C12H15FO3. The van der Waals surface area contributed by atoms with Crippen molar-refractivity contribution >= 4 is 6.29 Å².